The van der Waals surface area contributed by atoms with Gasteiger partial charge in [-0.1, -0.05) is 0 Å². The van der Waals surface area contributed by atoms with E-state index >= 15 is 0 Å². The third kappa shape index (κ3) is 10.6. The Bertz CT molecular complexity index is 1110. The van der Waals surface area contributed by atoms with Crippen molar-refractivity contribution in [1.82, 2.24) is 30.1 Å². The molecule has 2 amide bonds. The lowest BCUT2D eigenvalue weighted by molar-refractivity contribution is -0.149. The molecule has 0 spiro atoms. The Hall–Kier alpha value is -3.45. The van der Waals surface area contributed by atoms with Crippen molar-refractivity contribution in [1.29, 1.82) is 0 Å². The van der Waals surface area contributed by atoms with Crippen molar-refractivity contribution in [3.8, 4) is 0 Å². The second-order valence-corrected chi connectivity index (χ2v) is 9.31. The van der Waals surface area contributed by atoms with Gasteiger partial charge in [-0.3, -0.25) is 14.2 Å². The third-order valence-electron chi connectivity index (χ3n) is 4.94. The SMILES string of the molecule is CCOC(=O)CN(CCNC)C(=O)Cn1cc2cc(COCCCNC(=O)OC(C)(C)C)[nH]c2nc1=O. The molecule has 0 radical (unpaired) electrons. The summed E-state index contributed by atoms with van der Waals surface area (Å²) < 4.78 is 17.0. The molecule has 13 heteroatoms. The van der Waals surface area contributed by atoms with Gasteiger partial charge in [-0.15, -0.1) is 0 Å². The van der Waals surface area contributed by atoms with Gasteiger partial charge in [-0.2, -0.15) is 4.98 Å². The average molecular weight is 523 g/mol. The lowest BCUT2D eigenvalue weighted by atomic mass is 10.2. The molecule has 0 aliphatic carbocycles. The Morgan fingerprint density at radius 3 is 2.65 bits per heavy atom. The molecule has 3 N–H and O–H groups in total. The van der Waals surface area contributed by atoms with E-state index in [9.17, 15) is 19.2 Å². The van der Waals surface area contributed by atoms with E-state index in [-0.39, 0.29) is 32.8 Å². The zero-order valence-electron chi connectivity index (χ0n) is 22.2. The number of aromatic nitrogens is 3. The topological polar surface area (TPSA) is 157 Å². The molecule has 0 aliphatic rings. The fourth-order valence-corrected chi connectivity index (χ4v) is 3.29. The third-order valence-corrected chi connectivity index (χ3v) is 4.94. The minimum atomic E-state index is -0.590. The van der Waals surface area contributed by atoms with Gasteiger partial charge in [0.1, 0.15) is 24.3 Å². The van der Waals surface area contributed by atoms with Gasteiger partial charge in [0, 0.05) is 43.5 Å². The van der Waals surface area contributed by atoms with Crippen LogP contribution in [-0.4, -0.2) is 89.4 Å². The van der Waals surface area contributed by atoms with Crippen molar-refractivity contribution < 1.29 is 28.6 Å². The number of carbonyl (C=O) groups is 3. The summed E-state index contributed by atoms with van der Waals surface area (Å²) in [5.74, 6) is -0.908. The average Bonchev–Trinajstić information content (AvgIpc) is 3.19. The van der Waals surface area contributed by atoms with Crippen LogP contribution in [0.3, 0.4) is 0 Å². The van der Waals surface area contributed by atoms with E-state index in [0.717, 1.165) is 0 Å². The number of nitrogens with one attached hydrogen (secondary N) is 3. The van der Waals surface area contributed by atoms with Gasteiger partial charge < -0.3 is 34.7 Å². The lowest BCUT2D eigenvalue weighted by Crippen LogP contribution is -2.43. The summed E-state index contributed by atoms with van der Waals surface area (Å²) in [6, 6.07) is 1.79. The molecular formula is C24H38N6O7. The number of rotatable bonds is 14. The van der Waals surface area contributed by atoms with Gasteiger partial charge in [0.05, 0.1) is 13.2 Å². The number of nitrogens with zero attached hydrogens (tertiary/aromatic N) is 3. The zero-order chi connectivity index (χ0) is 27.4. The predicted octanol–water partition coefficient (Wildman–Crippen LogP) is 0.767. The number of fused-ring (bicyclic) bond motifs is 1. The molecule has 0 aromatic carbocycles. The minimum Gasteiger partial charge on any atom is -0.465 e. The van der Waals surface area contributed by atoms with Crippen LogP contribution in [0.5, 0.6) is 0 Å². The molecular weight excluding hydrogens is 484 g/mol. The number of amides is 2. The molecule has 37 heavy (non-hydrogen) atoms. The Morgan fingerprint density at radius 1 is 1.22 bits per heavy atom. The first kappa shape index (κ1) is 29.8. The molecule has 13 nitrogen and oxygen atoms in total. The van der Waals surface area contributed by atoms with E-state index in [1.807, 2.05) is 0 Å². The number of ether oxygens (including phenoxy) is 3. The molecule has 0 unspecified atom stereocenters. The van der Waals surface area contributed by atoms with Gasteiger partial charge in [0.2, 0.25) is 5.91 Å². The van der Waals surface area contributed by atoms with Gasteiger partial charge in [0.25, 0.3) is 0 Å². The van der Waals surface area contributed by atoms with Crippen LogP contribution in [0, 0.1) is 0 Å². The fourth-order valence-electron chi connectivity index (χ4n) is 3.29. The second-order valence-electron chi connectivity index (χ2n) is 9.31. The van der Waals surface area contributed by atoms with Crippen molar-refractivity contribution in [2.24, 2.45) is 0 Å². The lowest BCUT2D eigenvalue weighted by Gasteiger charge is -2.22. The first-order valence-electron chi connectivity index (χ1n) is 12.2. The number of esters is 1. The molecule has 0 aliphatic heterocycles. The summed E-state index contributed by atoms with van der Waals surface area (Å²) in [6.07, 6.45) is 1.68. The fraction of sp³-hybridized carbons (Fsp3) is 0.625. The van der Waals surface area contributed by atoms with E-state index in [1.54, 1.807) is 47.0 Å². The maximum Gasteiger partial charge on any atom is 0.407 e. The van der Waals surface area contributed by atoms with Crippen molar-refractivity contribution in [3.63, 3.8) is 0 Å². The smallest absolute Gasteiger partial charge is 0.407 e. The van der Waals surface area contributed by atoms with E-state index in [1.165, 1.54) is 9.47 Å². The van der Waals surface area contributed by atoms with Crippen LogP contribution in [0.25, 0.3) is 11.0 Å². The molecule has 206 valence electrons. The van der Waals surface area contributed by atoms with E-state index in [2.05, 4.69) is 20.6 Å². The maximum atomic E-state index is 12.8. The van der Waals surface area contributed by atoms with Crippen molar-refractivity contribution >= 4 is 29.0 Å². The number of H-pyrrole nitrogens is 1. The number of likely N-dealkylation sites (N-methyl/N-ethyl adjacent to an activating group) is 1. The summed E-state index contributed by atoms with van der Waals surface area (Å²) in [4.78, 5) is 57.3. The Balaban J connectivity index is 1.92. The molecule has 2 aromatic heterocycles. The van der Waals surface area contributed by atoms with E-state index < -0.39 is 29.3 Å². The van der Waals surface area contributed by atoms with Crippen LogP contribution in [0.15, 0.2) is 17.1 Å². The van der Waals surface area contributed by atoms with Crippen LogP contribution in [0.4, 0.5) is 4.79 Å². The number of aromatic amines is 1. The maximum absolute atomic E-state index is 12.8. The zero-order valence-corrected chi connectivity index (χ0v) is 22.2. The van der Waals surface area contributed by atoms with Crippen LogP contribution < -0.4 is 16.3 Å². The second kappa shape index (κ2) is 14.3. The standard InChI is InChI=1S/C24H38N6O7/c1-6-36-20(32)15-29(10-9-25-5)19(31)14-30-13-17-12-18(27-21(17)28-22(30)33)16-35-11-7-8-26-23(34)37-24(2,3)4/h12-13,25H,6-11,14-16H2,1-5H3,(H,26,34)(H,27,28,33). The van der Waals surface area contributed by atoms with Crippen LogP contribution in [-0.2, 0) is 37.0 Å². The highest BCUT2D eigenvalue weighted by atomic mass is 16.6. The first-order valence-corrected chi connectivity index (χ1v) is 12.2. The summed E-state index contributed by atoms with van der Waals surface area (Å²) in [7, 11) is 1.74. The molecule has 2 heterocycles. The van der Waals surface area contributed by atoms with E-state index in [4.69, 9.17) is 14.2 Å². The summed E-state index contributed by atoms with van der Waals surface area (Å²) >= 11 is 0. The molecule has 2 aromatic rings. The molecule has 0 bridgehead atoms. The molecule has 2 rings (SSSR count). The van der Waals surface area contributed by atoms with Crippen LogP contribution >= 0.6 is 0 Å². The normalized spacial score (nSPS) is 11.4. The summed E-state index contributed by atoms with van der Waals surface area (Å²) in [5.41, 5.74) is -0.0386. The van der Waals surface area contributed by atoms with Crippen molar-refractivity contribution in [3.05, 3.63) is 28.4 Å². The Labute approximate surface area is 215 Å². The van der Waals surface area contributed by atoms with Gasteiger partial charge in [0.15, 0.2) is 0 Å². The number of hydrogen-bond donors (Lipinski definition) is 3. The van der Waals surface area contributed by atoms with Gasteiger partial charge in [-0.05, 0) is 47.2 Å². The van der Waals surface area contributed by atoms with Gasteiger partial charge >= 0.3 is 17.8 Å². The minimum absolute atomic E-state index is 0.197. The quantitative estimate of drug-likeness (QED) is 0.241. The number of hydrogen-bond acceptors (Lipinski definition) is 9. The van der Waals surface area contributed by atoms with Gasteiger partial charge in [-0.25, -0.2) is 9.59 Å². The summed E-state index contributed by atoms with van der Waals surface area (Å²) in [5, 5.41) is 6.24. The van der Waals surface area contributed by atoms with Crippen molar-refractivity contribution in [2.45, 2.75) is 52.9 Å². The monoisotopic (exact) mass is 522 g/mol. The molecule has 0 saturated carbocycles. The molecule has 0 fully saturated rings. The largest absolute Gasteiger partial charge is 0.465 e. The predicted molar refractivity (Wildman–Crippen MR) is 136 cm³/mol. The molecule has 0 atom stereocenters. The Morgan fingerprint density at radius 2 is 1.97 bits per heavy atom. The highest BCUT2D eigenvalue weighted by Gasteiger charge is 2.19. The van der Waals surface area contributed by atoms with E-state index in [0.29, 0.717) is 42.8 Å². The highest BCUT2D eigenvalue weighted by Crippen LogP contribution is 2.12. The highest BCUT2D eigenvalue weighted by molar-refractivity contribution is 5.82. The molecule has 0 saturated heterocycles. The van der Waals surface area contributed by atoms with Crippen LogP contribution in [0.2, 0.25) is 0 Å². The first-order chi connectivity index (χ1) is 17.5. The van der Waals surface area contributed by atoms with Crippen LogP contribution in [0.1, 0.15) is 39.8 Å². The van der Waals surface area contributed by atoms with Crippen molar-refractivity contribution in [2.75, 3.05) is 46.4 Å². The Kier molecular flexibility index (Phi) is 11.5. The number of alkyl carbamates (subject to hydrolysis) is 1. The summed E-state index contributed by atoms with van der Waals surface area (Å²) in [6.45, 7) is 8.70. The number of carbonyl (C=O) groups excluding carboxylic acids is 3.